The molecule has 1 aliphatic rings. The monoisotopic (exact) mass is 722 g/mol. The van der Waals surface area contributed by atoms with E-state index in [4.69, 9.17) is 15.0 Å². The Balaban J connectivity index is 1.19. The van der Waals surface area contributed by atoms with E-state index in [0.717, 1.165) is 33.5 Å². The third-order valence-electron chi connectivity index (χ3n) is 10.9. The molecule has 0 saturated heterocycles. The highest BCUT2D eigenvalue weighted by Crippen LogP contribution is 2.42. The molecule has 3 heterocycles. The van der Waals surface area contributed by atoms with Crippen molar-refractivity contribution < 1.29 is 0 Å². The summed E-state index contributed by atoms with van der Waals surface area (Å²) < 4.78 is 2.30. The number of para-hydroxylation sites is 3. The average Bonchev–Trinajstić information content (AvgIpc) is 3.57. The van der Waals surface area contributed by atoms with Gasteiger partial charge >= 0.3 is 0 Å². The fraction of sp³-hybridized carbons (Fsp3) is 0.0417. The SMILES string of the molecule is C[Si]1(C)c2ccccc2N(c2ccccc2)c2cc3c(cc21)c1ccccc1n3-c1ccc(-c2nc(-c3ccccc3)nc(-c3ccccc3)n2)c(C#N)c1. The quantitative estimate of drug-likeness (QED) is 0.165. The van der Waals surface area contributed by atoms with E-state index in [0.29, 0.717) is 28.6 Å². The molecule has 6 nitrogen and oxygen atoms in total. The first kappa shape index (κ1) is 32.5. The van der Waals surface area contributed by atoms with Crippen LogP contribution in [0.3, 0.4) is 0 Å². The number of hydrogen-bond donors (Lipinski definition) is 0. The predicted molar refractivity (Wildman–Crippen MR) is 227 cm³/mol. The number of nitrogens with zero attached hydrogens (tertiary/aromatic N) is 6. The van der Waals surface area contributed by atoms with Crippen LogP contribution in [0.25, 0.3) is 61.7 Å². The third-order valence-corrected chi connectivity index (χ3v) is 14.4. The van der Waals surface area contributed by atoms with Gasteiger partial charge in [-0.2, -0.15) is 5.26 Å². The second-order valence-electron chi connectivity index (χ2n) is 14.4. The second-order valence-corrected chi connectivity index (χ2v) is 18.8. The summed E-state index contributed by atoms with van der Waals surface area (Å²) in [6.45, 7) is 4.92. The third kappa shape index (κ3) is 5.26. The van der Waals surface area contributed by atoms with Gasteiger partial charge in [0.2, 0.25) is 0 Å². The standard InChI is InChI=1S/C48H34N6Si/c1-55(2)44-25-15-14-24-41(44)53(35-20-10-5-11-21-35)43-30-42-39(29-45(43)55)38-22-12-13-23-40(38)54(42)36-26-27-37(34(28-36)31-49)48-51-46(32-16-6-3-7-17-32)50-47(52-48)33-18-8-4-9-19-33/h3-30H,1-2H3. The van der Waals surface area contributed by atoms with Gasteiger partial charge in [0.25, 0.3) is 0 Å². The van der Waals surface area contributed by atoms with E-state index in [1.165, 1.54) is 32.5 Å². The maximum Gasteiger partial charge on any atom is 0.165 e. The van der Waals surface area contributed by atoms with Crippen LogP contribution in [0.5, 0.6) is 0 Å². The molecule has 0 unspecified atom stereocenters. The van der Waals surface area contributed by atoms with Gasteiger partial charge in [-0.1, -0.05) is 134 Å². The Morgan fingerprint density at radius 1 is 0.491 bits per heavy atom. The van der Waals surface area contributed by atoms with E-state index in [2.05, 4.69) is 126 Å². The van der Waals surface area contributed by atoms with Crippen LogP contribution in [0.2, 0.25) is 13.1 Å². The smallest absolute Gasteiger partial charge is 0.165 e. The van der Waals surface area contributed by atoms with E-state index in [9.17, 15) is 5.26 Å². The Bertz CT molecular complexity index is 2910. The van der Waals surface area contributed by atoms with Gasteiger partial charge in [0.15, 0.2) is 17.5 Å². The normalized spacial score (nSPS) is 13.0. The van der Waals surface area contributed by atoms with Crippen LogP contribution < -0.4 is 15.3 Å². The molecule has 0 N–H and O–H groups in total. The van der Waals surface area contributed by atoms with Crippen molar-refractivity contribution in [2.24, 2.45) is 0 Å². The molecule has 0 amide bonds. The molecule has 260 valence electrons. The van der Waals surface area contributed by atoms with Gasteiger partial charge in [0.05, 0.1) is 22.7 Å². The predicted octanol–water partition coefficient (Wildman–Crippen LogP) is 10.4. The van der Waals surface area contributed by atoms with Crippen molar-refractivity contribution in [3.05, 3.63) is 175 Å². The zero-order chi connectivity index (χ0) is 37.1. The minimum Gasteiger partial charge on any atom is -0.311 e. The molecular weight excluding hydrogens is 689 g/mol. The van der Waals surface area contributed by atoms with Crippen LogP contribution in [0.1, 0.15) is 5.56 Å². The largest absolute Gasteiger partial charge is 0.311 e. The molecule has 7 heteroatoms. The highest BCUT2D eigenvalue weighted by molar-refractivity contribution is 7.02. The molecule has 9 aromatic rings. The number of aromatic nitrogens is 4. The second kappa shape index (κ2) is 12.8. The molecule has 0 saturated carbocycles. The Hall–Kier alpha value is -7.14. The van der Waals surface area contributed by atoms with Crippen molar-refractivity contribution >= 4 is 57.3 Å². The first-order valence-corrected chi connectivity index (χ1v) is 21.4. The van der Waals surface area contributed by atoms with Crippen molar-refractivity contribution in [3.8, 4) is 45.9 Å². The van der Waals surface area contributed by atoms with Gasteiger partial charge < -0.3 is 9.47 Å². The highest BCUT2D eigenvalue weighted by atomic mass is 28.3. The van der Waals surface area contributed by atoms with Crippen LogP contribution in [-0.4, -0.2) is 27.6 Å². The van der Waals surface area contributed by atoms with Crippen molar-refractivity contribution in [2.75, 3.05) is 4.90 Å². The molecule has 10 rings (SSSR count). The van der Waals surface area contributed by atoms with Crippen LogP contribution in [0.15, 0.2) is 170 Å². The van der Waals surface area contributed by atoms with Gasteiger partial charge in [-0.25, -0.2) is 15.0 Å². The summed E-state index contributed by atoms with van der Waals surface area (Å²) in [4.78, 5) is 17.2. The lowest BCUT2D eigenvalue weighted by Crippen LogP contribution is -2.58. The fourth-order valence-corrected chi connectivity index (χ4v) is 11.2. The van der Waals surface area contributed by atoms with Crippen molar-refractivity contribution in [1.29, 1.82) is 5.26 Å². The fourth-order valence-electron chi connectivity index (χ4n) is 8.18. The molecule has 55 heavy (non-hydrogen) atoms. The molecule has 0 atom stereocenters. The zero-order valence-corrected chi connectivity index (χ0v) is 31.3. The van der Waals surface area contributed by atoms with Crippen molar-refractivity contribution in [1.82, 2.24) is 19.5 Å². The van der Waals surface area contributed by atoms with E-state index in [1.54, 1.807) is 0 Å². The van der Waals surface area contributed by atoms with Gasteiger partial charge in [-0.3, -0.25) is 0 Å². The summed E-state index contributed by atoms with van der Waals surface area (Å²) in [6, 6.07) is 61.3. The van der Waals surface area contributed by atoms with Crippen LogP contribution in [0.4, 0.5) is 17.1 Å². The molecule has 0 aliphatic carbocycles. The van der Waals surface area contributed by atoms with E-state index >= 15 is 0 Å². The number of benzene rings is 7. The summed E-state index contributed by atoms with van der Waals surface area (Å²) in [7, 11) is -2.11. The number of anilines is 3. The molecule has 7 aromatic carbocycles. The Morgan fingerprint density at radius 3 is 1.78 bits per heavy atom. The van der Waals surface area contributed by atoms with Gasteiger partial charge in [-0.05, 0) is 58.9 Å². The number of nitriles is 1. The number of hydrogen-bond acceptors (Lipinski definition) is 5. The number of fused-ring (bicyclic) bond motifs is 5. The van der Waals surface area contributed by atoms with Crippen molar-refractivity contribution in [2.45, 2.75) is 13.1 Å². The summed E-state index contributed by atoms with van der Waals surface area (Å²) in [5, 5.41) is 15.9. The van der Waals surface area contributed by atoms with Gasteiger partial charge in [0.1, 0.15) is 8.07 Å². The molecule has 1 aliphatic heterocycles. The van der Waals surface area contributed by atoms with Crippen LogP contribution in [-0.2, 0) is 0 Å². The molecular formula is C48H34N6Si. The molecule has 0 spiro atoms. The maximum atomic E-state index is 10.7. The maximum absolute atomic E-state index is 10.7. The minimum atomic E-state index is -2.11. The topological polar surface area (TPSA) is 70.6 Å². The summed E-state index contributed by atoms with van der Waals surface area (Å²) >= 11 is 0. The molecule has 0 bridgehead atoms. The lowest BCUT2D eigenvalue weighted by molar-refractivity contribution is 1.07. The molecule has 0 fully saturated rings. The lowest BCUT2D eigenvalue weighted by atomic mass is 10.1. The van der Waals surface area contributed by atoms with E-state index < -0.39 is 8.07 Å². The van der Waals surface area contributed by atoms with Gasteiger partial charge in [-0.15, -0.1) is 0 Å². The van der Waals surface area contributed by atoms with E-state index in [1.807, 2.05) is 72.8 Å². The van der Waals surface area contributed by atoms with E-state index in [-0.39, 0.29) is 0 Å². The molecule has 0 radical (unpaired) electrons. The van der Waals surface area contributed by atoms with Crippen molar-refractivity contribution in [3.63, 3.8) is 0 Å². The minimum absolute atomic E-state index is 0.455. The highest BCUT2D eigenvalue weighted by Gasteiger charge is 2.39. The van der Waals surface area contributed by atoms with Crippen LogP contribution in [0, 0.1) is 11.3 Å². The number of rotatable bonds is 5. The average molecular weight is 723 g/mol. The first-order chi connectivity index (χ1) is 27.0. The summed E-state index contributed by atoms with van der Waals surface area (Å²) in [6.07, 6.45) is 0. The summed E-state index contributed by atoms with van der Waals surface area (Å²) in [5.41, 5.74) is 9.51. The summed E-state index contributed by atoms with van der Waals surface area (Å²) in [5.74, 6) is 1.57. The zero-order valence-electron chi connectivity index (χ0n) is 30.3. The Kier molecular flexibility index (Phi) is 7.54. The Morgan fingerprint density at radius 2 is 1.09 bits per heavy atom. The Labute approximate surface area is 320 Å². The van der Waals surface area contributed by atoms with Gasteiger partial charge in [0, 0.05) is 50.2 Å². The molecule has 2 aromatic heterocycles. The lowest BCUT2D eigenvalue weighted by Gasteiger charge is -2.41. The van der Waals surface area contributed by atoms with Crippen LogP contribution >= 0.6 is 0 Å². The first-order valence-electron chi connectivity index (χ1n) is 18.4.